The van der Waals surface area contributed by atoms with Crippen LogP contribution in [0.15, 0.2) is 46.9 Å². The van der Waals surface area contributed by atoms with E-state index in [2.05, 4.69) is 26.6 Å². The Balaban J connectivity index is 1.97. The minimum absolute atomic E-state index is 0.135. The van der Waals surface area contributed by atoms with Gasteiger partial charge >= 0.3 is 5.97 Å². The second-order valence-corrected chi connectivity index (χ2v) is 5.56. The number of nitrogens with one attached hydrogen (secondary N) is 2. The van der Waals surface area contributed by atoms with E-state index >= 15 is 0 Å². The Hall–Kier alpha value is -2.34. The minimum Gasteiger partial charge on any atom is -0.478 e. The molecule has 5 nitrogen and oxygen atoms in total. The predicted molar refractivity (Wildman–Crippen MR) is 82.5 cm³/mol. The van der Waals surface area contributed by atoms with Gasteiger partial charge in [-0.1, -0.05) is 34.1 Å². The normalized spacial score (nSPS) is 16.2. The topological polar surface area (TPSA) is 78.4 Å². The molecule has 2 aromatic rings. The molecule has 0 bridgehead atoms. The Morgan fingerprint density at radius 2 is 2.00 bits per heavy atom. The summed E-state index contributed by atoms with van der Waals surface area (Å²) in [6, 6.07) is 11.4. The summed E-state index contributed by atoms with van der Waals surface area (Å²) in [7, 11) is 0. The Morgan fingerprint density at radius 3 is 2.76 bits per heavy atom. The maximum Gasteiger partial charge on any atom is 0.337 e. The summed E-state index contributed by atoms with van der Waals surface area (Å²) in [5, 5.41) is 15.0. The van der Waals surface area contributed by atoms with Gasteiger partial charge in [0.2, 0.25) is 0 Å². The molecule has 0 radical (unpaired) electrons. The molecule has 2 aromatic carbocycles. The molecule has 0 saturated carbocycles. The van der Waals surface area contributed by atoms with Crippen molar-refractivity contribution >= 4 is 39.2 Å². The molecule has 0 fully saturated rings. The van der Waals surface area contributed by atoms with Gasteiger partial charge in [-0.05, 0) is 24.3 Å². The van der Waals surface area contributed by atoms with E-state index in [1.807, 2.05) is 18.2 Å². The summed E-state index contributed by atoms with van der Waals surface area (Å²) in [6.07, 6.45) is 0. The monoisotopic (exact) mass is 346 g/mol. The van der Waals surface area contributed by atoms with Crippen LogP contribution in [0.2, 0.25) is 0 Å². The van der Waals surface area contributed by atoms with E-state index in [0.717, 1.165) is 15.7 Å². The molecule has 0 saturated heterocycles. The third-order valence-corrected chi connectivity index (χ3v) is 3.80. The zero-order valence-electron chi connectivity index (χ0n) is 10.8. The van der Waals surface area contributed by atoms with Crippen LogP contribution in [0.4, 0.5) is 11.4 Å². The van der Waals surface area contributed by atoms with Crippen molar-refractivity contribution in [3.8, 4) is 0 Å². The highest BCUT2D eigenvalue weighted by Gasteiger charge is 2.31. The Labute approximate surface area is 129 Å². The number of carbonyl (C=O) groups is 2. The first kappa shape index (κ1) is 13.6. The molecule has 0 spiro atoms. The number of benzene rings is 2. The number of hydrogen-bond donors (Lipinski definition) is 3. The molecule has 1 atom stereocenters. The third kappa shape index (κ3) is 2.50. The van der Waals surface area contributed by atoms with E-state index in [4.69, 9.17) is 0 Å². The zero-order valence-corrected chi connectivity index (χ0v) is 12.3. The van der Waals surface area contributed by atoms with Crippen molar-refractivity contribution < 1.29 is 14.7 Å². The Kier molecular flexibility index (Phi) is 3.39. The number of carbonyl (C=O) groups excluding carboxylic acids is 1. The number of para-hydroxylation sites is 1. The number of rotatable bonds is 3. The van der Waals surface area contributed by atoms with Crippen molar-refractivity contribution in [3.05, 3.63) is 58.1 Å². The van der Waals surface area contributed by atoms with E-state index in [1.54, 1.807) is 18.2 Å². The summed E-state index contributed by atoms with van der Waals surface area (Å²) in [5.74, 6) is -1.24. The molecule has 3 rings (SSSR count). The molecule has 1 unspecified atom stereocenters. The summed E-state index contributed by atoms with van der Waals surface area (Å²) >= 11 is 3.35. The van der Waals surface area contributed by atoms with Crippen LogP contribution in [0.25, 0.3) is 0 Å². The second-order valence-electron chi connectivity index (χ2n) is 4.65. The molecule has 106 valence electrons. The second kappa shape index (κ2) is 5.21. The number of halogens is 1. The number of anilines is 2. The van der Waals surface area contributed by atoms with E-state index in [9.17, 15) is 14.7 Å². The molecule has 21 heavy (non-hydrogen) atoms. The molecule has 1 aliphatic heterocycles. The highest BCUT2D eigenvalue weighted by Crippen LogP contribution is 2.35. The quantitative estimate of drug-likeness (QED) is 0.796. The van der Waals surface area contributed by atoms with Crippen molar-refractivity contribution in [1.82, 2.24) is 0 Å². The first-order chi connectivity index (χ1) is 10.1. The van der Waals surface area contributed by atoms with Crippen molar-refractivity contribution in [3.63, 3.8) is 0 Å². The van der Waals surface area contributed by atoms with Crippen LogP contribution >= 0.6 is 15.9 Å². The highest BCUT2D eigenvalue weighted by atomic mass is 79.9. The number of carboxylic acid groups (broad SMARTS) is 1. The minimum atomic E-state index is -1.03. The average Bonchev–Trinajstić information content (AvgIpc) is 2.74. The summed E-state index contributed by atoms with van der Waals surface area (Å²) < 4.78 is 0.869. The summed E-state index contributed by atoms with van der Waals surface area (Å²) in [4.78, 5) is 23.3. The lowest BCUT2D eigenvalue weighted by atomic mass is 10.1. The predicted octanol–water partition coefficient (Wildman–Crippen LogP) is 3.25. The van der Waals surface area contributed by atoms with Gasteiger partial charge in [-0.15, -0.1) is 0 Å². The van der Waals surface area contributed by atoms with Gasteiger partial charge in [-0.25, -0.2) is 4.79 Å². The molecule has 6 heteroatoms. The van der Waals surface area contributed by atoms with Crippen LogP contribution in [-0.4, -0.2) is 17.0 Å². The third-order valence-electron chi connectivity index (χ3n) is 3.30. The number of carboxylic acids is 1. The SMILES string of the molecule is O=C(O)c1ccccc1NC1C(=O)Nc2cc(Br)ccc21. The summed E-state index contributed by atoms with van der Waals surface area (Å²) in [5.41, 5.74) is 2.07. The molecule has 0 aromatic heterocycles. The molecular formula is C15H11BrN2O3. The van der Waals surface area contributed by atoms with Gasteiger partial charge in [0.1, 0.15) is 6.04 Å². The summed E-state index contributed by atoms with van der Waals surface area (Å²) in [6.45, 7) is 0. The lowest BCUT2D eigenvalue weighted by Gasteiger charge is -2.15. The molecule has 1 aliphatic rings. The molecular weight excluding hydrogens is 336 g/mol. The number of aromatic carboxylic acids is 1. The molecule has 1 heterocycles. The Morgan fingerprint density at radius 1 is 1.24 bits per heavy atom. The largest absolute Gasteiger partial charge is 0.478 e. The van der Waals surface area contributed by atoms with Gasteiger partial charge in [-0.3, -0.25) is 4.79 Å². The van der Waals surface area contributed by atoms with E-state index in [0.29, 0.717) is 5.69 Å². The zero-order chi connectivity index (χ0) is 15.0. The molecule has 1 amide bonds. The van der Waals surface area contributed by atoms with Crippen LogP contribution in [0.3, 0.4) is 0 Å². The van der Waals surface area contributed by atoms with Gasteiger partial charge in [0, 0.05) is 21.4 Å². The first-order valence-electron chi connectivity index (χ1n) is 6.25. The maximum atomic E-state index is 12.1. The molecule has 3 N–H and O–H groups in total. The number of hydrogen-bond acceptors (Lipinski definition) is 3. The lowest BCUT2D eigenvalue weighted by molar-refractivity contribution is -0.116. The van der Waals surface area contributed by atoms with Crippen LogP contribution in [-0.2, 0) is 4.79 Å². The van der Waals surface area contributed by atoms with Gasteiger partial charge < -0.3 is 15.7 Å². The van der Waals surface area contributed by atoms with Crippen molar-refractivity contribution in [2.45, 2.75) is 6.04 Å². The van der Waals surface area contributed by atoms with Crippen LogP contribution in [0.5, 0.6) is 0 Å². The fraction of sp³-hybridized carbons (Fsp3) is 0.0667. The van der Waals surface area contributed by atoms with Crippen LogP contribution in [0.1, 0.15) is 22.0 Å². The van der Waals surface area contributed by atoms with Gasteiger partial charge in [0.15, 0.2) is 0 Å². The van der Waals surface area contributed by atoms with Crippen LogP contribution in [0, 0.1) is 0 Å². The van der Waals surface area contributed by atoms with Gasteiger partial charge in [0.25, 0.3) is 5.91 Å². The fourth-order valence-corrected chi connectivity index (χ4v) is 2.69. The fourth-order valence-electron chi connectivity index (χ4n) is 2.33. The number of fused-ring (bicyclic) bond motifs is 1. The van der Waals surface area contributed by atoms with Crippen molar-refractivity contribution in [2.24, 2.45) is 0 Å². The Bertz CT molecular complexity index is 745. The van der Waals surface area contributed by atoms with E-state index in [-0.39, 0.29) is 11.5 Å². The number of amides is 1. The van der Waals surface area contributed by atoms with Gasteiger partial charge in [-0.2, -0.15) is 0 Å². The standard InChI is InChI=1S/C15H11BrN2O3/c16-8-5-6-9-12(7-8)18-14(19)13(9)17-11-4-2-1-3-10(11)15(20)21/h1-7,13,17H,(H,18,19)(H,20,21). The van der Waals surface area contributed by atoms with Crippen molar-refractivity contribution in [2.75, 3.05) is 10.6 Å². The smallest absolute Gasteiger partial charge is 0.337 e. The highest BCUT2D eigenvalue weighted by molar-refractivity contribution is 9.10. The maximum absolute atomic E-state index is 12.1. The first-order valence-corrected chi connectivity index (χ1v) is 7.05. The van der Waals surface area contributed by atoms with Crippen LogP contribution < -0.4 is 10.6 Å². The average molecular weight is 347 g/mol. The van der Waals surface area contributed by atoms with E-state index < -0.39 is 12.0 Å². The molecule has 0 aliphatic carbocycles. The van der Waals surface area contributed by atoms with Gasteiger partial charge in [0.05, 0.1) is 5.56 Å². The van der Waals surface area contributed by atoms with E-state index in [1.165, 1.54) is 6.07 Å². The lowest BCUT2D eigenvalue weighted by Crippen LogP contribution is -2.20. The van der Waals surface area contributed by atoms with Crippen molar-refractivity contribution in [1.29, 1.82) is 0 Å².